The lowest BCUT2D eigenvalue weighted by Crippen LogP contribution is -2.40. The maximum Gasteiger partial charge on any atom is 0.416 e. The molecule has 0 N–H and O–H groups in total. The molecule has 5 nitrogen and oxygen atoms in total. The Morgan fingerprint density at radius 3 is 2.20 bits per heavy atom. The Kier molecular flexibility index (Phi) is 7.41. The quantitative estimate of drug-likeness (QED) is 0.435. The molecule has 0 spiro atoms. The van der Waals surface area contributed by atoms with E-state index >= 15 is 0 Å². The van der Waals surface area contributed by atoms with Gasteiger partial charge in [0.05, 0.1) is 5.56 Å². The van der Waals surface area contributed by atoms with Crippen molar-refractivity contribution in [3.8, 4) is 5.75 Å². The Morgan fingerprint density at radius 1 is 1.10 bits per heavy atom. The van der Waals surface area contributed by atoms with Crippen LogP contribution in [-0.4, -0.2) is 30.6 Å². The van der Waals surface area contributed by atoms with E-state index in [0.717, 1.165) is 18.2 Å². The molecule has 1 atom stereocenters. The molecule has 0 fully saturated rings. The Balaban J connectivity index is 2.18. The fourth-order valence-corrected chi connectivity index (χ4v) is 3.70. The predicted octanol–water partition coefficient (Wildman–Crippen LogP) is 4.84. The van der Waals surface area contributed by atoms with Crippen LogP contribution < -0.4 is 4.18 Å². The number of halogens is 4. The van der Waals surface area contributed by atoms with E-state index in [1.807, 2.05) is 13.8 Å². The van der Waals surface area contributed by atoms with E-state index in [1.54, 1.807) is 24.0 Å². The van der Waals surface area contributed by atoms with Gasteiger partial charge >= 0.3 is 16.3 Å². The molecule has 0 bridgehead atoms. The highest BCUT2D eigenvalue weighted by Crippen LogP contribution is 2.31. The molecule has 0 heterocycles. The molecule has 0 aliphatic heterocycles. The standard InChI is InChI=1S/C20H21ClF3NO4S/c1-13(2)25(19(26)14(3)21)12-15-7-9-17(10-8-15)29-30(27,28)18-6-4-5-16(11-18)20(22,23)24/h4-11,13-14H,12H2,1-3H3. The lowest BCUT2D eigenvalue weighted by molar-refractivity contribution is -0.137. The van der Waals surface area contributed by atoms with Gasteiger partial charge in [-0.2, -0.15) is 21.6 Å². The molecular formula is C20H21ClF3NO4S. The van der Waals surface area contributed by atoms with Crippen LogP contribution >= 0.6 is 11.6 Å². The van der Waals surface area contributed by atoms with E-state index < -0.39 is 32.1 Å². The van der Waals surface area contributed by atoms with Crippen molar-refractivity contribution in [2.75, 3.05) is 0 Å². The van der Waals surface area contributed by atoms with E-state index in [2.05, 4.69) is 0 Å². The molecule has 0 aliphatic rings. The van der Waals surface area contributed by atoms with Gasteiger partial charge in [0, 0.05) is 12.6 Å². The molecule has 1 unspecified atom stereocenters. The molecule has 30 heavy (non-hydrogen) atoms. The van der Waals surface area contributed by atoms with Gasteiger partial charge in [-0.25, -0.2) is 0 Å². The van der Waals surface area contributed by atoms with Gasteiger partial charge < -0.3 is 9.08 Å². The number of hydrogen-bond donors (Lipinski definition) is 0. The largest absolute Gasteiger partial charge is 0.416 e. The minimum absolute atomic E-state index is 0.0655. The summed E-state index contributed by atoms with van der Waals surface area (Å²) in [6.07, 6.45) is -4.67. The first-order chi connectivity index (χ1) is 13.8. The summed E-state index contributed by atoms with van der Waals surface area (Å²) in [7, 11) is -4.45. The second kappa shape index (κ2) is 9.26. The van der Waals surface area contributed by atoms with Gasteiger partial charge in [-0.1, -0.05) is 18.2 Å². The first-order valence-electron chi connectivity index (χ1n) is 8.96. The molecule has 164 valence electrons. The zero-order chi connectivity index (χ0) is 22.7. The lowest BCUT2D eigenvalue weighted by Gasteiger charge is -2.28. The van der Waals surface area contributed by atoms with Crippen LogP contribution in [0.25, 0.3) is 0 Å². The van der Waals surface area contributed by atoms with Crippen molar-refractivity contribution in [1.82, 2.24) is 4.90 Å². The minimum atomic E-state index is -4.67. The summed E-state index contributed by atoms with van der Waals surface area (Å²) < 4.78 is 68.1. The third-order valence-corrected chi connectivity index (χ3v) is 5.61. The van der Waals surface area contributed by atoms with Gasteiger partial charge in [0.1, 0.15) is 16.0 Å². The molecular weight excluding hydrogens is 443 g/mol. The summed E-state index contributed by atoms with van der Waals surface area (Å²) in [4.78, 5) is 13.2. The number of alkyl halides is 4. The van der Waals surface area contributed by atoms with Gasteiger partial charge in [0.15, 0.2) is 0 Å². The van der Waals surface area contributed by atoms with Crippen LogP contribution in [0.2, 0.25) is 0 Å². The van der Waals surface area contributed by atoms with Gasteiger partial charge in [-0.05, 0) is 56.7 Å². The molecule has 0 saturated heterocycles. The molecule has 2 aromatic rings. The van der Waals surface area contributed by atoms with Crippen molar-refractivity contribution in [2.24, 2.45) is 0 Å². The monoisotopic (exact) mass is 463 g/mol. The number of carbonyl (C=O) groups is 1. The molecule has 0 radical (unpaired) electrons. The summed E-state index contributed by atoms with van der Waals surface area (Å²) in [5, 5.41) is -0.687. The van der Waals surface area contributed by atoms with E-state index in [4.69, 9.17) is 15.8 Å². The summed E-state index contributed by atoms with van der Waals surface area (Å²) in [6, 6.07) is 9.09. The van der Waals surface area contributed by atoms with Crippen molar-refractivity contribution >= 4 is 27.6 Å². The molecule has 2 aromatic carbocycles. The Bertz CT molecular complexity index is 990. The fourth-order valence-electron chi connectivity index (χ4n) is 2.59. The summed E-state index contributed by atoms with van der Waals surface area (Å²) >= 11 is 5.88. The molecule has 2 rings (SSSR count). The van der Waals surface area contributed by atoms with Crippen LogP contribution in [0.3, 0.4) is 0 Å². The van der Waals surface area contributed by atoms with Crippen LogP contribution in [0.5, 0.6) is 5.75 Å². The average Bonchev–Trinajstić information content (AvgIpc) is 2.65. The van der Waals surface area contributed by atoms with Crippen molar-refractivity contribution in [3.05, 3.63) is 59.7 Å². The van der Waals surface area contributed by atoms with Crippen LogP contribution in [0, 0.1) is 0 Å². The van der Waals surface area contributed by atoms with Gasteiger partial charge in [0.2, 0.25) is 5.91 Å². The summed E-state index contributed by atoms with van der Waals surface area (Å²) in [5.41, 5.74) is -0.382. The highest BCUT2D eigenvalue weighted by molar-refractivity contribution is 7.87. The number of hydrogen-bond acceptors (Lipinski definition) is 4. The topological polar surface area (TPSA) is 63.7 Å². The number of rotatable bonds is 7. The maximum absolute atomic E-state index is 12.8. The number of benzene rings is 2. The van der Waals surface area contributed by atoms with Gasteiger partial charge in [0.25, 0.3) is 0 Å². The lowest BCUT2D eigenvalue weighted by atomic mass is 10.1. The van der Waals surface area contributed by atoms with Crippen LogP contribution in [-0.2, 0) is 27.6 Å². The van der Waals surface area contributed by atoms with Crippen LogP contribution in [0.4, 0.5) is 13.2 Å². The van der Waals surface area contributed by atoms with E-state index in [-0.39, 0.29) is 24.2 Å². The second-order valence-electron chi connectivity index (χ2n) is 6.88. The number of nitrogens with zero attached hydrogens (tertiary/aromatic N) is 1. The Labute approximate surface area is 178 Å². The van der Waals surface area contributed by atoms with Crippen LogP contribution in [0.15, 0.2) is 53.4 Å². The molecule has 10 heteroatoms. The molecule has 0 aliphatic carbocycles. The highest BCUT2D eigenvalue weighted by atomic mass is 35.5. The van der Waals surface area contributed by atoms with Gasteiger partial charge in [-0.3, -0.25) is 4.79 Å². The smallest absolute Gasteiger partial charge is 0.379 e. The van der Waals surface area contributed by atoms with Crippen molar-refractivity contribution in [2.45, 2.75) is 49.8 Å². The third kappa shape index (κ3) is 6.12. The van der Waals surface area contributed by atoms with Crippen LogP contribution in [0.1, 0.15) is 31.9 Å². The number of amides is 1. The van der Waals surface area contributed by atoms with E-state index in [0.29, 0.717) is 11.6 Å². The molecule has 0 aromatic heterocycles. The van der Waals surface area contributed by atoms with Crippen molar-refractivity contribution in [1.29, 1.82) is 0 Å². The fraction of sp³-hybridized carbons (Fsp3) is 0.350. The predicted molar refractivity (Wildman–Crippen MR) is 107 cm³/mol. The first-order valence-corrected chi connectivity index (χ1v) is 10.8. The van der Waals surface area contributed by atoms with Crippen molar-refractivity contribution < 1.29 is 30.6 Å². The SMILES string of the molecule is CC(Cl)C(=O)N(Cc1ccc(OS(=O)(=O)c2cccc(C(F)(F)F)c2)cc1)C(C)C. The first kappa shape index (κ1) is 24.0. The highest BCUT2D eigenvalue weighted by Gasteiger charge is 2.32. The molecule has 0 saturated carbocycles. The normalized spacial score (nSPS) is 13.2. The molecule has 1 amide bonds. The maximum atomic E-state index is 12.8. The zero-order valence-corrected chi connectivity index (χ0v) is 18.1. The van der Waals surface area contributed by atoms with E-state index in [9.17, 15) is 26.4 Å². The zero-order valence-electron chi connectivity index (χ0n) is 16.5. The average molecular weight is 464 g/mol. The minimum Gasteiger partial charge on any atom is -0.379 e. The summed E-state index contributed by atoms with van der Waals surface area (Å²) in [6.45, 7) is 5.52. The van der Waals surface area contributed by atoms with E-state index in [1.165, 1.54) is 12.1 Å². The Hall–Kier alpha value is -2.26. The van der Waals surface area contributed by atoms with Crippen molar-refractivity contribution in [3.63, 3.8) is 0 Å². The Morgan fingerprint density at radius 2 is 1.70 bits per heavy atom. The third-order valence-electron chi connectivity index (χ3n) is 4.18. The summed E-state index contributed by atoms with van der Waals surface area (Å²) in [5.74, 6) is -0.302. The second-order valence-corrected chi connectivity index (χ2v) is 9.08. The van der Waals surface area contributed by atoms with Gasteiger partial charge in [-0.15, -0.1) is 11.6 Å². The number of carbonyl (C=O) groups excluding carboxylic acids is 1.